The molecule has 0 aromatic carbocycles. The topological polar surface area (TPSA) is 75.1 Å². The van der Waals surface area contributed by atoms with E-state index in [0.29, 0.717) is 27.7 Å². The second-order valence-corrected chi connectivity index (χ2v) is 4.94. The van der Waals surface area contributed by atoms with Crippen molar-refractivity contribution in [2.75, 3.05) is 5.32 Å². The standard InChI is InChI=1S/C15H9F2N5O/c16-13-10-1-3-18-14(10)19-7-11(13)8-2-4-22-9(5-8)6-12(21-22)20-15(17)23/h1-7H,(H,18,19)(H,20,21,23). The van der Waals surface area contributed by atoms with Crippen LogP contribution in [0.25, 0.3) is 27.7 Å². The molecule has 0 aliphatic rings. The predicted molar refractivity (Wildman–Crippen MR) is 80.4 cm³/mol. The van der Waals surface area contributed by atoms with Crippen LogP contribution in [0.15, 0.2) is 42.9 Å². The number of halogens is 2. The molecule has 0 saturated carbocycles. The summed E-state index contributed by atoms with van der Waals surface area (Å²) in [7, 11) is 0. The van der Waals surface area contributed by atoms with Gasteiger partial charge in [0, 0.05) is 30.2 Å². The Kier molecular flexibility index (Phi) is 2.83. The highest BCUT2D eigenvalue weighted by Crippen LogP contribution is 2.28. The SMILES string of the molecule is O=C(F)Nc1cc2cc(-c3cnc4[nH]ccc4c3F)ccn2n1. The van der Waals surface area contributed by atoms with Gasteiger partial charge in [-0.3, -0.25) is 5.32 Å². The number of H-pyrrole nitrogens is 1. The van der Waals surface area contributed by atoms with Crippen molar-refractivity contribution < 1.29 is 13.6 Å². The monoisotopic (exact) mass is 313 g/mol. The Morgan fingerprint density at radius 2 is 2.17 bits per heavy atom. The molecule has 4 aromatic heterocycles. The first-order valence-corrected chi connectivity index (χ1v) is 6.70. The number of aromatic amines is 1. The minimum Gasteiger partial charge on any atom is -0.346 e. The average molecular weight is 313 g/mol. The van der Waals surface area contributed by atoms with E-state index in [-0.39, 0.29) is 11.6 Å². The van der Waals surface area contributed by atoms with Crippen LogP contribution >= 0.6 is 0 Å². The van der Waals surface area contributed by atoms with E-state index in [1.165, 1.54) is 16.8 Å². The van der Waals surface area contributed by atoms with Crippen LogP contribution in [0, 0.1) is 5.82 Å². The lowest BCUT2D eigenvalue weighted by Crippen LogP contribution is -2.02. The van der Waals surface area contributed by atoms with Gasteiger partial charge in [0.15, 0.2) is 5.82 Å². The van der Waals surface area contributed by atoms with Gasteiger partial charge in [-0.1, -0.05) is 0 Å². The smallest absolute Gasteiger partial charge is 0.346 e. The molecular formula is C15H9F2N5O. The molecule has 23 heavy (non-hydrogen) atoms. The molecule has 0 bridgehead atoms. The van der Waals surface area contributed by atoms with Crippen LogP contribution < -0.4 is 5.32 Å². The molecule has 4 rings (SSSR count). The van der Waals surface area contributed by atoms with Crippen molar-refractivity contribution in [3.63, 3.8) is 0 Å². The molecular weight excluding hydrogens is 304 g/mol. The van der Waals surface area contributed by atoms with Crippen LogP contribution in [0.4, 0.5) is 19.4 Å². The molecule has 114 valence electrons. The fourth-order valence-electron chi connectivity index (χ4n) is 2.50. The number of rotatable bonds is 2. The fraction of sp³-hybridized carbons (Fsp3) is 0. The van der Waals surface area contributed by atoms with E-state index in [1.807, 2.05) is 5.32 Å². The number of pyridine rings is 2. The Morgan fingerprint density at radius 3 is 3.00 bits per heavy atom. The van der Waals surface area contributed by atoms with Gasteiger partial charge < -0.3 is 4.98 Å². The summed E-state index contributed by atoms with van der Waals surface area (Å²) >= 11 is 0. The first-order valence-electron chi connectivity index (χ1n) is 6.70. The summed E-state index contributed by atoms with van der Waals surface area (Å²) in [5.41, 5.74) is 2.00. The van der Waals surface area contributed by atoms with E-state index in [2.05, 4.69) is 15.1 Å². The maximum Gasteiger partial charge on any atom is 0.403 e. The number of carbonyl (C=O) groups excluding carboxylic acids is 1. The molecule has 0 saturated heterocycles. The zero-order valence-electron chi connectivity index (χ0n) is 11.5. The van der Waals surface area contributed by atoms with Crippen molar-refractivity contribution in [1.82, 2.24) is 19.6 Å². The molecule has 2 N–H and O–H groups in total. The molecule has 0 radical (unpaired) electrons. The Hall–Kier alpha value is -3.29. The lowest BCUT2D eigenvalue weighted by Gasteiger charge is -2.04. The minimum atomic E-state index is -1.69. The van der Waals surface area contributed by atoms with Crippen LogP contribution in [0.1, 0.15) is 0 Å². The molecule has 4 aromatic rings. The van der Waals surface area contributed by atoms with E-state index < -0.39 is 6.16 Å². The number of aromatic nitrogens is 4. The zero-order valence-corrected chi connectivity index (χ0v) is 11.5. The van der Waals surface area contributed by atoms with Gasteiger partial charge in [-0.15, -0.1) is 9.49 Å². The third-order valence-electron chi connectivity index (χ3n) is 3.52. The third-order valence-corrected chi connectivity index (χ3v) is 3.52. The number of hydrogen-bond acceptors (Lipinski definition) is 3. The van der Waals surface area contributed by atoms with Crippen LogP contribution in [-0.2, 0) is 0 Å². The van der Waals surface area contributed by atoms with Gasteiger partial charge in [0.05, 0.1) is 10.9 Å². The maximum atomic E-state index is 14.6. The number of hydrogen-bond donors (Lipinski definition) is 2. The molecule has 0 atom stereocenters. The van der Waals surface area contributed by atoms with E-state index in [1.54, 1.807) is 30.6 Å². The van der Waals surface area contributed by atoms with Gasteiger partial charge in [-0.25, -0.2) is 18.7 Å². The summed E-state index contributed by atoms with van der Waals surface area (Å²) in [5, 5.41) is 6.34. The van der Waals surface area contributed by atoms with Crippen molar-refractivity contribution in [2.24, 2.45) is 0 Å². The number of amides is 1. The largest absolute Gasteiger partial charge is 0.403 e. The lowest BCUT2D eigenvalue weighted by atomic mass is 10.1. The summed E-state index contributed by atoms with van der Waals surface area (Å²) < 4.78 is 28.4. The van der Waals surface area contributed by atoms with Gasteiger partial charge in [0.25, 0.3) is 0 Å². The highest BCUT2D eigenvalue weighted by atomic mass is 19.1. The van der Waals surface area contributed by atoms with Crippen molar-refractivity contribution in [3.05, 3.63) is 48.7 Å². The van der Waals surface area contributed by atoms with Gasteiger partial charge in [-0.2, -0.15) is 0 Å². The van der Waals surface area contributed by atoms with Crippen molar-refractivity contribution in [3.8, 4) is 11.1 Å². The molecule has 0 aliphatic heterocycles. The Balaban J connectivity index is 1.83. The highest BCUT2D eigenvalue weighted by Gasteiger charge is 2.12. The third kappa shape index (κ3) is 2.20. The normalized spacial score (nSPS) is 11.2. The molecule has 0 aliphatic carbocycles. The molecule has 0 spiro atoms. The molecule has 8 heteroatoms. The number of nitrogens with zero attached hydrogens (tertiary/aromatic N) is 3. The Bertz CT molecular complexity index is 1050. The van der Waals surface area contributed by atoms with Crippen molar-refractivity contribution >= 4 is 28.5 Å². The summed E-state index contributed by atoms with van der Waals surface area (Å²) in [6.07, 6.45) is 2.97. The number of carbonyl (C=O) groups is 1. The zero-order chi connectivity index (χ0) is 16.0. The van der Waals surface area contributed by atoms with Crippen LogP contribution in [0.3, 0.4) is 0 Å². The second-order valence-electron chi connectivity index (χ2n) is 4.94. The van der Waals surface area contributed by atoms with Gasteiger partial charge in [-0.05, 0) is 23.8 Å². The summed E-state index contributed by atoms with van der Waals surface area (Å²) in [4.78, 5) is 17.5. The molecule has 0 unspecified atom stereocenters. The average Bonchev–Trinajstić information content (AvgIpc) is 3.12. The first-order chi connectivity index (χ1) is 11.1. The van der Waals surface area contributed by atoms with Gasteiger partial charge in [0.1, 0.15) is 11.5 Å². The molecule has 6 nitrogen and oxygen atoms in total. The summed E-state index contributed by atoms with van der Waals surface area (Å²) in [6, 6.07) is 6.45. The molecule has 4 heterocycles. The number of anilines is 1. The minimum absolute atomic E-state index is 0.0781. The molecule has 1 amide bonds. The number of nitrogens with one attached hydrogen (secondary N) is 2. The quantitative estimate of drug-likeness (QED) is 0.439. The van der Waals surface area contributed by atoms with Gasteiger partial charge in [0.2, 0.25) is 0 Å². The van der Waals surface area contributed by atoms with E-state index in [0.717, 1.165) is 0 Å². The molecule has 0 fully saturated rings. The Morgan fingerprint density at radius 1 is 1.30 bits per heavy atom. The van der Waals surface area contributed by atoms with Crippen LogP contribution in [0.2, 0.25) is 0 Å². The summed E-state index contributed by atoms with van der Waals surface area (Å²) in [5.74, 6) is -0.299. The Labute approximate surface area is 127 Å². The van der Waals surface area contributed by atoms with Crippen LogP contribution in [0.5, 0.6) is 0 Å². The van der Waals surface area contributed by atoms with Crippen molar-refractivity contribution in [2.45, 2.75) is 0 Å². The highest BCUT2D eigenvalue weighted by molar-refractivity contribution is 5.85. The fourth-order valence-corrected chi connectivity index (χ4v) is 2.50. The summed E-state index contributed by atoms with van der Waals surface area (Å²) in [6.45, 7) is 0. The van der Waals surface area contributed by atoms with Crippen LogP contribution in [-0.4, -0.2) is 25.7 Å². The first kappa shape index (κ1) is 13.4. The van der Waals surface area contributed by atoms with Gasteiger partial charge >= 0.3 is 6.16 Å². The van der Waals surface area contributed by atoms with E-state index in [4.69, 9.17) is 0 Å². The lowest BCUT2D eigenvalue weighted by molar-refractivity contribution is 0.234. The van der Waals surface area contributed by atoms with E-state index in [9.17, 15) is 13.6 Å². The number of fused-ring (bicyclic) bond motifs is 2. The predicted octanol–water partition coefficient (Wildman–Crippen LogP) is 3.52. The second kappa shape index (κ2) is 4.87. The van der Waals surface area contributed by atoms with E-state index >= 15 is 0 Å². The van der Waals surface area contributed by atoms with Crippen molar-refractivity contribution in [1.29, 1.82) is 0 Å². The maximum absolute atomic E-state index is 14.6.